The Morgan fingerprint density at radius 2 is 2.25 bits per heavy atom. The summed E-state index contributed by atoms with van der Waals surface area (Å²) in [4.78, 5) is 6.43. The molecule has 0 saturated carbocycles. The standard InChI is InChI=1S/C11H15BrN4/c1-16(2)5-3-4-10-9-6-8(12)7-13-11(9)15-14-10/h6-7H,3-5H2,1-2H3,(H,13,14,15). The van der Waals surface area contributed by atoms with E-state index in [1.54, 1.807) is 6.20 Å². The van der Waals surface area contributed by atoms with Crippen molar-refractivity contribution in [2.75, 3.05) is 20.6 Å². The van der Waals surface area contributed by atoms with Gasteiger partial charge < -0.3 is 4.90 Å². The van der Waals surface area contributed by atoms with E-state index in [0.717, 1.165) is 34.9 Å². The van der Waals surface area contributed by atoms with Gasteiger partial charge in [0.1, 0.15) is 0 Å². The Morgan fingerprint density at radius 3 is 3.00 bits per heavy atom. The van der Waals surface area contributed by atoms with Gasteiger partial charge in [-0.25, -0.2) is 4.98 Å². The van der Waals surface area contributed by atoms with E-state index in [4.69, 9.17) is 0 Å². The van der Waals surface area contributed by atoms with Crippen molar-refractivity contribution < 1.29 is 0 Å². The first kappa shape index (κ1) is 11.5. The molecular formula is C11H15BrN4. The predicted octanol–water partition coefficient (Wildman–Crippen LogP) is 2.21. The molecular weight excluding hydrogens is 268 g/mol. The summed E-state index contributed by atoms with van der Waals surface area (Å²) < 4.78 is 0.996. The lowest BCUT2D eigenvalue weighted by atomic mass is 10.2. The third-order valence-electron chi connectivity index (χ3n) is 2.49. The smallest absolute Gasteiger partial charge is 0.181 e. The first-order valence-electron chi connectivity index (χ1n) is 5.30. The monoisotopic (exact) mass is 282 g/mol. The Morgan fingerprint density at radius 1 is 1.44 bits per heavy atom. The van der Waals surface area contributed by atoms with Crippen LogP contribution in [-0.2, 0) is 6.42 Å². The molecule has 0 saturated heterocycles. The maximum absolute atomic E-state index is 4.24. The van der Waals surface area contributed by atoms with Crippen molar-refractivity contribution in [1.29, 1.82) is 0 Å². The van der Waals surface area contributed by atoms with E-state index in [1.807, 2.05) is 0 Å². The van der Waals surface area contributed by atoms with Crippen molar-refractivity contribution in [3.05, 3.63) is 22.4 Å². The van der Waals surface area contributed by atoms with Crippen molar-refractivity contribution >= 4 is 27.0 Å². The predicted molar refractivity (Wildman–Crippen MR) is 68.5 cm³/mol. The topological polar surface area (TPSA) is 44.8 Å². The lowest BCUT2D eigenvalue weighted by Gasteiger charge is -2.07. The van der Waals surface area contributed by atoms with Gasteiger partial charge in [0.05, 0.1) is 0 Å². The molecule has 86 valence electrons. The quantitative estimate of drug-likeness (QED) is 0.935. The van der Waals surface area contributed by atoms with Gasteiger partial charge in [0.2, 0.25) is 0 Å². The minimum absolute atomic E-state index is 0.794. The van der Waals surface area contributed by atoms with Crippen molar-refractivity contribution in [3.8, 4) is 0 Å². The molecule has 0 aliphatic rings. The third-order valence-corrected chi connectivity index (χ3v) is 2.92. The van der Waals surface area contributed by atoms with Crippen molar-refractivity contribution in [3.63, 3.8) is 0 Å². The van der Waals surface area contributed by atoms with Crippen molar-refractivity contribution in [2.45, 2.75) is 12.8 Å². The highest BCUT2D eigenvalue weighted by atomic mass is 79.9. The zero-order chi connectivity index (χ0) is 11.5. The molecule has 0 spiro atoms. The molecule has 0 aromatic carbocycles. The fraction of sp³-hybridized carbons (Fsp3) is 0.455. The summed E-state index contributed by atoms with van der Waals surface area (Å²) >= 11 is 3.43. The Labute approximate surface area is 103 Å². The Balaban J connectivity index is 2.15. The number of pyridine rings is 1. The highest BCUT2D eigenvalue weighted by Gasteiger charge is 2.06. The molecule has 5 heteroatoms. The van der Waals surface area contributed by atoms with Gasteiger partial charge in [0, 0.05) is 21.7 Å². The lowest BCUT2D eigenvalue weighted by Crippen LogP contribution is -2.13. The fourth-order valence-electron chi connectivity index (χ4n) is 1.69. The second-order valence-electron chi connectivity index (χ2n) is 4.13. The molecule has 0 fully saturated rings. The van der Waals surface area contributed by atoms with Crippen LogP contribution >= 0.6 is 15.9 Å². The zero-order valence-electron chi connectivity index (χ0n) is 9.50. The molecule has 0 atom stereocenters. The Hall–Kier alpha value is -0.940. The number of aryl methyl sites for hydroxylation is 1. The number of rotatable bonds is 4. The van der Waals surface area contributed by atoms with Crippen LogP contribution in [-0.4, -0.2) is 40.7 Å². The number of hydrogen-bond acceptors (Lipinski definition) is 3. The fourth-order valence-corrected chi connectivity index (χ4v) is 2.02. The van der Waals surface area contributed by atoms with E-state index in [0.29, 0.717) is 0 Å². The summed E-state index contributed by atoms with van der Waals surface area (Å²) in [5, 5.41) is 8.37. The Kier molecular flexibility index (Phi) is 3.56. The minimum Gasteiger partial charge on any atom is -0.309 e. The molecule has 1 N–H and O–H groups in total. The molecule has 4 nitrogen and oxygen atoms in total. The van der Waals surface area contributed by atoms with Crippen molar-refractivity contribution in [2.24, 2.45) is 0 Å². The van der Waals surface area contributed by atoms with Gasteiger partial charge in [0.25, 0.3) is 0 Å². The Bertz CT molecular complexity index is 478. The summed E-state index contributed by atoms with van der Waals surface area (Å²) in [5.74, 6) is 0. The van der Waals surface area contributed by atoms with E-state index in [1.165, 1.54) is 5.69 Å². The molecule has 0 aliphatic heterocycles. The van der Waals surface area contributed by atoms with E-state index in [9.17, 15) is 0 Å². The van der Waals surface area contributed by atoms with E-state index >= 15 is 0 Å². The third kappa shape index (κ3) is 2.59. The largest absolute Gasteiger partial charge is 0.309 e. The van der Waals surface area contributed by atoms with E-state index < -0.39 is 0 Å². The summed E-state index contributed by atoms with van der Waals surface area (Å²) in [6.45, 7) is 1.09. The summed E-state index contributed by atoms with van der Waals surface area (Å²) in [7, 11) is 4.17. The van der Waals surface area contributed by atoms with Crippen LogP contribution in [0.2, 0.25) is 0 Å². The first-order chi connectivity index (χ1) is 7.66. The van der Waals surface area contributed by atoms with Gasteiger partial charge in [-0.2, -0.15) is 5.10 Å². The number of nitrogens with one attached hydrogen (secondary N) is 1. The van der Waals surface area contributed by atoms with Crippen LogP contribution in [0.25, 0.3) is 11.0 Å². The maximum Gasteiger partial charge on any atom is 0.181 e. The minimum atomic E-state index is 0.794. The molecule has 0 unspecified atom stereocenters. The zero-order valence-corrected chi connectivity index (χ0v) is 11.1. The average molecular weight is 283 g/mol. The van der Waals surface area contributed by atoms with Gasteiger partial charge in [-0.1, -0.05) is 0 Å². The number of nitrogens with zero attached hydrogens (tertiary/aromatic N) is 3. The van der Waals surface area contributed by atoms with E-state index in [2.05, 4.69) is 56.2 Å². The van der Waals surface area contributed by atoms with Crippen LogP contribution in [0, 0.1) is 0 Å². The lowest BCUT2D eigenvalue weighted by molar-refractivity contribution is 0.400. The number of halogens is 1. The maximum atomic E-state index is 4.24. The van der Waals surface area contributed by atoms with Crippen LogP contribution in [0.4, 0.5) is 0 Å². The molecule has 0 bridgehead atoms. The summed E-state index contributed by atoms with van der Waals surface area (Å²) in [6, 6.07) is 2.07. The molecule has 2 heterocycles. The first-order valence-corrected chi connectivity index (χ1v) is 6.09. The van der Waals surface area contributed by atoms with Crippen LogP contribution in [0.15, 0.2) is 16.7 Å². The van der Waals surface area contributed by atoms with Crippen LogP contribution < -0.4 is 0 Å². The SMILES string of the molecule is CN(C)CCCc1[nH]nc2ncc(Br)cc12. The van der Waals surface area contributed by atoms with Crippen LogP contribution in [0.3, 0.4) is 0 Å². The number of aromatic nitrogens is 3. The van der Waals surface area contributed by atoms with Gasteiger partial charge in [0.15, 0.2) is 5.65 Å². The van der Waals surface area contributed by atoms with Crippen LogP contribution in [0.1, 0.15) is 12.1 Å². The molecule has 2 aromatic rings. The molecule has 2 aromatic heterocycles. The average Bonchev–Trinajstić information content (AvgIpc) is 2.60. The molecule has 0 aliphatic carbocycles. The summed E-state index contributed by atoms with van der Waals surface area (Å²) in [5.41, 5.74) is 1.97. The number of aromatic amines is 1. The van der Waals surface area contributed by atoms with Gasteiger partial charge >= 0.3 is 0 Å². The number of H-pyrrole nitrogens is 1. The van der Waals surface area contributed by atoms with Crippen molar-refractivity contribution in [1.82, 2.24) is 20.1 Å². The number of hydrogen-bond donors (Lipinski definition) is 1. The van der Waals surface area contributed by atoms with E-state index in [-0.39, 0.29) is 0 Å². The molecule has 0 amide bonds. The molecule has 2 rings (SSSR count). The van der Waals surface area contributed by atoms with Gasteiger partial charge in [-0.15, -0.1) is 0 Å². The van der Waals surface area contributed by atoms with Gasteiger partial charge in [-0.05, 0) is 55.5 Å². The van der Waals surface area contributed by atoms with Crippen LogP contribution in [0.5, 0.6) is 0 Å². The highest BCUT2D eigenvalue weighted by molar-refractivity contribution is 9.10. The second kappa shape index (κ2) is 4.93. The summed E-state index contributed by atoms with van der Waals surface area (Å²) in [6.07, 6.45) is 3.90. The normalized spacial score (nSPS) is 11.5. The highest BCUT2D eigenvalue weighted by Crippen LogP contribution is 2.19. The molecule has 16 heavy (non-hydrogen) atoms. The second-order valence-corrected chi connectivity index (χ2v) is 5.05. The molecule has 0 radical (unpaired) electrons. The number of fused-ring (bicyclic) bond motifs is 1. The van der Waals surface area contributed by atoms with Gasteiger partial charge in [-0.3, -0.25) is 5.10 Å².